The van der Waals surface area contributed by atoms with E-state index in [1.807, 2.05) is 52.0 Å². The molecular formula is C53H87NO13. The van der Waals surface area contributed by atoms with Gasteiger partial charge in [0.2, 0.25) is 5.79 Å². The van der Waals surface area contributed by atoms with E-state index in [0.29, 0.717) is 50.3 Å². The van der Waals surface area contributed by atoms with Gasteiger partial charge in [-0.05, 0) is 120 Å². The molecule has 3 aliphatic rings. The molecule has 14 nitrogen and oxygen atoms in total. The maximum Gasteiger partial charge on any atom is 0.302 e. The minimum atomic E-state index is -2.15. The number of hydrogen-bond donors (Lipinski definition) is 3. The molecule has 14 heteroatoms. The molecule has 13 atom stereocenters. The van der Waals surface area contributed by atoms with Crippen LogP contribution in [-0.4, -0.2) is 140 Å². The molecule has 0 radical (unpaired) electrons. The molecule has 67 heavy (non-hydrogen) atoms. The second kappa shape index (κ2) is 29.8. The summed E-state index contributed by atoms with van der Waals surface area (Å²) >= 11 is 0. The number of rotatable bonds is 28. The fourth-order valence-corrected chi connectivity index (χ4v) is 9.96. The molecule has 0 aromatic rings. The van der Waals surface area contributed by atoms with Gasteiger partial charge >= 0.3 is 5.97 Å². The zero-order valence-electron chi connectivity index (χ0n) is 42.5. The summed E-state index contributed by atoms with van der Waals surface area (Å²) in [5, 5.41) is 31.9. The number of aliphatic hydroxyl groups is 3. The third kappa shape index (κ3) is 18.6. The lowest BCUT2D eigenvalue weighted by molar-refractivity contribution is -0.265. The van der Waals surface area contributed by atoms with E-state index in [0.717, 1.165) is 63.4 Å². The first kappa shape index (κ1) is 58.2. The Bertz CT molecular complexity index is 1650. The van der Waals surface area contributed by atoms with Crippen LogP contribution in [0, 0.1) is 29.6 Å². The highest BCUT2D eigenvalue weighted by atomic mass is 16.6. The first-order valence-electron chi connectivity index (χ1n) is 25.0. The summed E-state index contributed by atoms with van der Waals surface area (Å²) < 4.78 is 34.8. The molecule has 3 fully saturated rings. The van der Waals surface area contributed by atoms with Crippen LogP contribution in [-0.2, 0) is 47.6 Å². The molecule has 2 saturated heterocycles. The second-order valence-electron chi connectivity index (χ2n) is 19.7. The van der Waals surface area contributed by atoms with Crippen LogP contribution in [0.4, 0.5) is 0 Å². The van der Waals surface area contributed by atoms with Gasteiger partial charge in [-0.15, -0.1) is 0 Å². The van der Waals surface area contributed by atoms with E-state index in [4.69, 9.17) is 28.4 Å². The zero-order valence-corrected chi connectivity index (χ0v) is 42.5. The molecule has 3 rings (SSSR count). The van der Waals surface area contributed by atoms with E-state index in [1.165, 1.54) is 11.8 Å². The number of aliphatic hydroxyl groups excluding tert-OH is 2. The van der Waals surface area contributed by atoms with E-state index in [9.17, 15) is 34.5 Å². The molecule has 2 aliphatic heterocycles. The summed E-state index contributed by atoms with van der Waals surface area (Å²) in [4.78, 5) is 53.5. The van der Waals surface area contributed by atoms with E-state index in [-0.39, 0.29) is 55.6 Å². The third-order valence-electron chi connectivity index (χ3n) is 14.3. The average Bonchev–Trinajstić information content (AvgIpc) is 3.31. The Morgan fingerprint density at radius 3 is 2.22 bits per heavy atom. The predicted molar refractivity (Wildman–Crippen MR) is 258 cm³/mol. The van der Waals surface area contributed by atoms with Crippen LogP contribution in [0.2, 0.25) is 0 Å². The normalized spacial score (nSPS) is 27.6. The standard InChI is InChI=1S/C53H87NO13/c1-35(19-15-12-11-13-16-20-36(2)46(62-8)33-43-23-21-40(6)53(61,67-43)51(59)52(60)54-25-17-14-18-26-54)29-49(64-10)50(58)39(5)30-37(3)44(57)34-47(66-41(7)56)38(4)31-42-22-24-45(65-28-27-55)48(32-42)63-9/h11-13,16,20,30,35,37-38,40,42-43,45-50,55,58,61H,14-15,17-19,21-29,31-34H2,1-10H3/b12-11+,16-13+,36-20+,39-30+/t35-,37-,38-,40-,42+,43?,45-,46+,47+,48-,49+,50-,53-/m1/s1. The van der Waals surface area contributed by atoms with Gasteiger partial charge in [0.1, 0.15) is 18.0 Å². The van der Waals surface area contributed by atoms with Gasteiger partial charge < -0.3 is 48.6 Å². The van der Waals surface area contributed by atoms with Crippen LogP contribution in [0.5, 0.6) is 0 Å². The van der Waals surface area contributed by atoms with Crippen molar-refractivity contribution in [2.45, 2.75) is 187 Å². The maximum atomic E-state index is 13.6. The number of hydrogen-bond acceptors (Lipinski definition) is 13. The fourth-order valence-electron chi connectivity index (χ4n) is 9.96. The van der Waals surface area contributed by atoms with Crippen LogP contribution in [0.15, 0.2) is 47.6 Å². The lowest BCUT2D eigenvalue weighted by atomic mass is 9.78. The molecule has 382 valence electrons. The third-order valence-corrected chi connectivity index (χ3v) is 14.3. The van der Waals surface area contributed by atoms with Gasteiger partial charge in [-0.1, -0.05) is 64.2 Å². The van der Waals surface area contributed by atoms with Gasteiger partial charge in [-0.25, -0.2) is 0 Å². The van der Waals surface area contributed by atoms with Crippen molar-refractivity contribution in [3.63, 3.8) is 0 Å². The Kier molecular flexibility index (Phi) is 25.9. The molecule has 1 saturated carbocycles. The summed E-state index contributed by atoms with van der Waals surface area (Å²) in [6.07, 6.45) is 19.0. The molecule has 0 aromatic heterocycles. The van der Waals surface area contributed by atoms with Gasteiger partial charge in [0.05, 0.1) is 43.7 Å². The fraction of sp³-hybridized carbons (Fsp3) is 0.774. The monoisotopic (exact) mass is 946 g/mol. The number of carbonyl (C=O) groups excluding carboxylic acids is 4. The Balaban J connectivity index is 1.46. The minimum absolute atomic E-state index is 0.0342. The molecule has 1 unspecified atom stereocenters. The van der Waals surface area contributed by atoms with Gasteiger partial charge in [-0.3, -0.25) is 19.2 Å². The van der Waals surface area contributed by atoms with E-state index < -0.39 is 59.7 Å². The number of methoxy groups -OCH3 is 3. The Hall–Kier alpha value is -3.08. The highest BCUT2D eigenvalue weighted by Crippen LogP contribution is 2.37. The molecule has 0 aromatic carbocycles. The van der Waals surface area contributed by atoms with Crippen molar-refractivity contribution in [1.82, 2.24) is 4.90 Å². The quantitative estimate of drug-likeness (QED) is 0.0305. The second-order valence-corrected chi connectivity index (χ2v) is 19.7. The van der Waals surface area contributed by atoms with Crippen LogP contribution in [0.25, 0.3) is 0 Å². The number of likely N-dealkylation sites (tertiary alicyclic amines) is 1. The Morgan fingerprint density at radius 2 is 1.58 bits per heavy atom. The first-order valence-corrected chi connectivity index (χ1v) is 25.0. The van der Waals surface area contributed by atoms with Crippen molar-refractivity contribution in [3.8, 4) is 0 Å². The Labute approximate surface area is 401 Å². The summed E-state index contributed by atoms with van der Waals surface area (Å²) in [5.74, 6) is -4.66. The van der Waals surface area contributed by atoms with Gasteiger partial charge in [0, 0.05) is 66.0 Å². The summed E-state index contributed by atoms with van der Waals surface area (Å²) in [7, 11) is 4.89. The van der Waals surface area contributed by atoms with Crippen molar-refractivity contribution < 1.29 is 62.9 Å². The summed E-state index contributed by atoms with van der Waals surface area (Å²) in [5.41, 5.74) is 1.62. The van der Waals surface area contributed by atoms with Gasteiger partial charge in [-0.2, -0.15) is 0 Å². The highest BCUT2D eigenvalue weighted by molar-refractivity contribution is 6.38. The van der Waals surface area contributed by atoms with Crippen LogP contribution >= 0.6 is 0 Å². The molecule has 3 N–H and O–H groups in total. The van der Waals surface area contributed by atoms with Crippen LogP contribution in [0.1, 0.15) is 138 Å². The molecule has 1 amide bonds. The summed E-state index contributed by atoms with van der Waals surface area (Å²) in [6, 6.07) is 0. The SMILES string of the molecule is CO[C@@H](CC1CC[C@@H](C)[C@](O)(C(=O)C(=O)N2CCCCC2)O1)/C(C)=C/C=C/C=C/CC[C@@H](C)C[C@H](OC)[C@H](O)/C(C)=C/[C@@H](C)C(=O)C[C@H](OC(C)=O)[C@H](C)C[C@@H]1CC[C@@H](OCCO)[C@H](OC)C1. The molecule has 2 heterocycles. The topological polar surface area (TPSA) is 188 Å². The number of piperidine rings is 1. The van der Waals surface area contributed by atoms with Crippen molar-refractivity contribution in [2.75, 3.05) is 47.6 Å². The lowest BCUT2D eigenvalue weighted by Crippen LogP contribution is -2.58. The molecule has 1 aliphatic carbocycles. The van der Waals surface area contributed by atoms with E-state index in [1.54, 1.807) is 34.3 Å². The maximum absolute atomic E-state index is 13.6. The van der Waals surface area contributed by atoms with Crippen LogP contribution in [0.3, 0.4) is 0 Å². The number of esters is 1. The van der Waals surface area contributed by atoms with E-state index >= 15 is 0 Å². The number of carbonyl (C=O) groups is 4. The number of nitrogens with zero attached hydrogens (tertiary/aromatic N) is 1. The first-order chi connectivity index (χ1) is 31.9. The molecule has 0 bridgehead atoms. The summed E-state index contributed by atoms with van der Waals surface area (Å²) in [6.45, 7) is 14.2. The highest BCUT2D eigenvalue weighted by Gasteiger charge is 2.51. The van der Waals surface area contributed by atoms with Crippen molar-refractivity contribution in [2.24, 2.45) is 29.6 Å². The smallest absolute Gasteiger partial charge is 0.302 e. The van der Waals surface area contributed by atoms with Gasteiger partial charge in [0.25, 0.3) is 11.7 Å². The van der Waals surface area contributed by atoms with Crippen molar-refractivity contribution in [3.05, 3.63) is 47.6 Å². The molecular weight excluding hydrogens is 859 g/mol. The number of ether oxygens (including phenoxy) is 6. The largest absolute Gasteiger partial charge is 0.462 e. The predicted octanol–water partition coefficient (Wildman–Crippen LogP) is 7.41. The lowest BCUT2D eigenvalue weighted by Gasteiger charge is -2.42. The van der Waals surface area contributed by atoms with Crippen molar-refractivity contribution in [1.29, 1.82) is 0 Å². The van der Waals surface area contributed by atoms with Crippen molar-refractivity contribution >= 4 is 23.4 Å². The minimum Gasteiger partial charge on any atom is -0.462 e. The number of ketones is 2. The molecule has 0 spiro atoms. The van der Waals surface area contributed by atoms with Gasteiger partial charge in [0.15, 0.2) is 0 Å². The number of amides is 1. The van der Waals surface area contributed by atoms with Crippen LogP contribution < -0.4 is 0 Å². The number of Topliss-reactive ketones (excluding diaryl/α,β-unsaturated/α-hetero) is 2. The number of allylic oxidation sites excluding steroid dienone is 6. The average molecular weight is 946 g/mol. The van der Waals surface area contributed by atoms with E-state index in [2.05, 4.69) is 13.0 Å². The Morgan fingerprint density at radius 1 is 0.866 bits per heavy atom. The zero-order chi connectivity index (χ0) is 49.7.